The van der Waals surface area contributed by atoms with E-state index in [1.807, 2.05) is 12.1 Å². The van der Waals surface area contributed by atoms with E-state index in [9.17, 15) is 0 Å². The van der Waals surface area contributed by atoms with Crippen LogP contribution < -0.4 is 0 Å². The van der Waals surface area contributed by atoms with Crippen LogP contribution in [0.2, 0.25) is 0 Å². The summed E-state index contributed by atoms with van der Waals surface area (Å²) in [6.07, 6.45) is 0. The molecule has 0 aliphatic rings. The highest BCUT2D eigenvalue weighted by atomic mass is 16.6. The van der Waals surface area contributed by atoms with Crippen molar-refractivity contribution < 1.29 is 4.63 Å². The molecule has 0 bridgehead atoms. The first kappa shape index (κ1) is 9.71. The standard InChI is InChI=1S/C9H10N2O.CH4/c1-6(2)7-3-4-8-9(5-7)11-12-10-8;/h3-6H,1-2H3;1H4. The molecule has 2 aromatic rings. The van der Waals surface area contributed by atoms with Crippen LogP contribution in [0.4, 0.5) is 0 Å². The van der Waals surface area contributed by atoms with Crippen molar-refractivity contribution in [2.75, 3.05) is 0 Å². The van der Waals surface area contributed by atoms with Crippen molar-refractivity contribution in [1.82, 2.24) is 10.3 Å². The maximum absolute atomic E-state index is 4.60. The third-order valence-electron chi connectivity index (χ3n) is 1.94. The van der Waals surface area contributed by atoms with Crippen molar-refractivity contribution >= 4 is 11.0 Å². The molecule has 13 heavy (non-hydrogen) atoms. The summed E-state index contributed by atoms with van der Waals surface area (Å²) in [7, 11) is 0. The van der Waals surface area contributed by atoms with Gasteiger partial charge in [0, 0.05) is 0 Å². The minimum absolute atomic E-state index is 0. The Morgan fingerprint density at radius 1 is 1.15 bits per heavy atom. The van der Waals surface area contributed by atoms with Crippen LogP contribution in [0.1, 0.15) is 32.8 Å². The molecule has 3 heteroatoms. The lowest BCUT2D eigenvalue weighted by Crippen LogP contribution is -1.85. The Bertz CT molecular complexity index is 392. The zero-order chi connectivity index (χ0) is 8.55. The van der Waals surface area contributed by atoms with Crippen molar-refractivity contribution in [3.63, 3.8) is 0 Å². The maximum Gasteiger partial charge on any atom is 0.135 e. The summed E-state index contributed by atoms with van der Waals surface area (Å²) in [5.74, 6) is 0.520. The first-order valence-electron chi connectivity index (χ1n) is 3.99. The molecule has 70 valence electrons. The monoisotopic (exact) mass is 178 g/mol. The van der Waals surface area contributed by atoms with E-state index >= 15 is 0 Å². The van der Waals surface area contributed by atoms with Gasteiger partial charge in [0.05, 0.1) is 0 Å². The summed E-state index contributed by atoms with van der Waals surface area (Å²) in [5, 5.41) is 7.51. The molecule has 1 aromatic heterocycles. The van der Waals surface area contributed by atoms with Crippen LogP contribution in [0.15, 0.2) is 22.8 Å². The molecule has 0 fully saturated rings. The van der Waals surface area contributed by atoms with Gasteiger partial charge in [-0.05, 0) is 33.9 Å². The van der Waals surface area contributed by atoms with Gasteiger partial charge in [-0.3, -0.25) is 0 Å². The van der Waals surface area contributed by atoms with Crippen LogP contribution in [0.3, 0.4) is 0 Å². The van der Waals surface area contributed by atoms with Crippen molar-refractivity contribution in [2.24, 2.45) is 0 Å². The van der Waals surface area contributed by atoms with Crippen molar-refractivity contribution in [3.8, 4) is 0 Å². The SMILES string of the molecule is C.CC(C)c1ccc2nonc2c1. The highest BCUT2D eigenvalue weighted by Crippen LogP contribution is 2.18. The topological polar surface area (TPSA) is 38.9 Å². The average Bonchev–Trinajstić information content (AvgIpc) is 2.49. The van der Waals surface area contributed by atoms with E-state index in [1.165, 1.54) is 5.56 Å². The summed E-state index contributed by atoms with van der Waals surface area (Å²) in [4.78, 5) is 0. The molecular formula is C10H14N2O. The van der Waals surface area contributed by atoms with Gasteiger partial charge in [0.15, 0.2) is 0 Å². The Hall–Kier alpha value is -1.38. The fraction of sp³-hybridized carbons (Fsp3) is 0.400. The van der Waals surface area contributed by atoms with Crippen molar-refractivity contribution in [3.05, 3.63) is 23.8 Å². The molecule has 3 nitrogen and oxygen atoms in total. The van der Waals surface area contributed by atoms with Gasteiger partial charge in [-0.25, -0.2) is 4.63 Å². The van der Waals surface area contributed by atoms with Gasteiger partial charge in [0.25, 0.3) is 0 Å². The zero-order valence-electron chi connectivity index (χ0n) is 7.11. The predicted octanol–water partition coefficient (Wildman–Crippen LogP) is 2.98. The van der Waals surface area contributed by atoms with E-state index in [2.05, 4.69) is 34.9 Å². The number of rotatable bonds is 1. The molecule has 0 amide bonds. The first-order chi connectivity index (χ1) is 5.77. The molecule has 0 aliphatic heterocycles. The van der Waals surface area contributed by atoms with Crippen LogP contribution in [0.25, 0.3) is 11.0 Å². The average molecular weight is 178 g/mol. The molecule has 0 spiro atoms. The minimum atomic E-state index is 0. The molecule has 0 saturated carbocycles. The summed E-state index contributed by atoms with van der Waals surface area (Å²) < 4.78 is 4.60. The van der Waals surface area contributed by atoms with Gasteiger partial charge >= 0.3 is 0 Å². The number of nitrogens with zero attached hydrogens (tertiary/aromatic N) is 2. The second-order valence-corrected chi connectivity index (χ2v) is 3.17. The van der Waals surface area contributed by atoms with Crippen molar-refractivity contribution in [1.29, 1.82) is 0 Å². The number of hydrogen-bond donors (Lipinski definition) is 0. The normalized spacial score (nSPS) is 10.4. The molecule has 2 rings (SSSR count). The van der Waals surface area contributed by atoms with E-state index in [-0.39, 0.29) is 7.43 Å². The molecule has 0 N–H and O–H groups in total. The van der Waals surface area contributed by atoms with Crippen LogP contribution in [-0.2, 0) is 0 Å². The van der Waals surface area contributed by atoms with Crippen LogP contribution in [0, 0.1) is 0 Å². The fourth-order valence-electron chi connectivity index (χ4n) is 1.16. The Balaban J connectivity index is 0.000000845. The van der Waals surface area contributed by atoms with Gasteiger partial charge in [0.2, 0.25) is 0 Å². The van der Waals surface area contributed by atoms with Crippen LogP contribution in [-0.4, -0.2) is 10.3 Å². The quantitative estimate of drug-likeness (QED) is 0.673. The lowest BCUT2D eigenvalue weighted by atomic mass is 10.0. The molecule has 0 saturated heterocycles. The zero-order valence-corrected chi connectivity index (χ0v) is 7.11. The number of aromatic nitrogens is 2. The van der Waals surface area contributed by atoms with Gasteiger partial charge in [-0.15, -0.1) is 0 Å². The largest absolute Gasteiger partial charge is 0.243 e. The minimum Gasteiger partial charge on any atom is -0.243 e. The van der Waals surface area contributed by atoms with Gasteiger partial charge in [-0.1, -0.05) is 27.3 Å². The smallest absolute Gasteiger partial charge is 0.135 e. The van der Waals surface area contributed by atoms with E-state index < -0.39 is 0 Å². The molecule has 0 aliphatic carbocycles. The first-order valence-corrected chi connectivity index (χ1v) is 3.99. The third-order valence-corrected chi connectivity index (χ3v) is 1.94. The summed E-state index contributed by atoms with van der Waals surface area (Å²) in [6.45, 7) is 4.29. The van der Waals surface area contributed by atoms with E-state index in [0.717, 1.165) is 11.0 Å². The summed E-state index contributed by atoms with van der Waals surface area (Å²) in [5.41, 5.74) is 2.92. The van der Waals surface area contributed by atoms with Gasteiger partial charge in [-0.2, -0.15) is 0 Å². The lowest BCUT2D eigenvalue weighted by molar-refractivity contribution is 0.315. The Morgan fingerprint density at radius 3 is 2.54 bits per heavy atom. The molecule has 1 aromatic carbocycles. The van der Waals surface area contributed by atoms with Crippen LogP contribution in [0.5, 0.6) is 0 Å². The van der Waals surface area contributed by atoms with E-state index in [0.29, 0.717) is 5.92 Å². The third kappa shape index (κ3) is 1.69. The highest BCUT2D eigenvalue weighted by molar-refractivity contribution is 5.73. The molecule has 0 atom stereocenters. The number of fused-ring (bicyclic) bond motifs is 1. The second kappa shape index (κ2) is 3.56. The number of benzene rings is 1. The van der Waals surface area contributed by atoms with E-state index in [1.54, 1.807) is 0 Å². The molecule has 0 unspecified atom stereocenters. The summed E-state index contributed by atoms with van der Waals surface area (Å²) in [6, 6.07) is 5.99. The van der Waals surface area contributed by atoms with E-state index in [4.69, 9.17) is 0 Å². The second-order valence-electron chi connectivity index (χ2n) is 3.17. The molecule has 1 heterocycles. The summed E-state index contributed by atoms with van der Waals surface area (Å²) >= 11 is 0. The Kier molecular flexibility index (Phi) is 2.66. The lowest BCUT2D eigenvalue weighted by Gasteiger charge is -2.02. The number of hydrogen-bond acceptors (Lipinski definition) is 3. The molecular weight excluding hydrogens is 164 g/mol. The van der Waals surface area contributed by atoms with Gasteiger partial charge < -0.3 is 0 Å². The van der Waals surface area contributed by atoms with Crippen LogP contribution >= 0.6 is 0 Å². The maximum atomic E-state index is 4.60. The Labute approximate surface area is 77.7 Å². The molecule has 0 radical (unpaired) electrons. The Morgan fingerprint density at radius 2 is 1.85 bits per heavy atom. The fourth-order valence-corrected chi connectivity index (χ4v) is 1.16. The van der Waals surface area contributed by atoms with Crippen molar-refractivity contribution in [2.45, 2.75) is 27.2 Å². The predicted molar refractivity (Wildman–Crippen MR) is 52.6 cm³/mol. The highest BCUT2D eigenvalue weighted by Gasteiger charge is 2.03. The van der Waals surface area contributed by atoms with Gasteiger partial charge in [0.1, 0.15) is 11.0 Å².